The molecule has 1 aromatic rings. The van der Waals surface area contributed by atoms with Gasteiger partial charge in [-0.15, -0.1) is 0 Å². The third-order valence-electron chi connectivity index (χ3n) is 1.77. The second-order valence-electron chi connectivity index (χ2n) is 2.81. The van der Waals surface area contributed by atoms with E-state index in [4.69, 9.17) is 0 Å². The zero-order valence-corrected chi connectivity index (χ0v) is 8.68. The van der Waals surface area contributed by atoms with E-state index in [0.717, 1.165) is 24.7 Å². The first-order valence-corrected chi connectivity index (χ1v) is 4.91. The third kappa shape index (κ3) is 3.27. The van der Waals surface area contributed by atoms with Crippen molar-refractivity contribution in [3.05, 3.63) is 34.1 Å². The molecule has 0 radical (unpaired) electrons. The minimum Gasteiger partial charge on any atom is -0.303 e. The maximum atomic E-state index is 13.0. The Morgan fingerprint density at radius 1 is 1.46 bits per heavy atom. The molecule has 0 fully saturated rings. The van der Waals surface area contributed by atoms with E-state index in [1.165, 1.54) is 6.07 Å². The van der Waals surface area contributed by atoms with Crippen molar-refractivity contribution >= 4 is 22.2 Å². The van der Waals surface area contributed by atoms with Gasteiger partial charge in [0.25, 0.3) is 0 Å². The first-order chi connectivity index (χ1) is 6.24. The van der Waals surface area contributed by atoms with Crippen LogP contribution < -0.4 is 0 Å². The van der Waals surface area contributed by atoms with Gasteiger partial charge >= 0.3 is 0 Å². The summed E-state index contributed by atoms with van der Waals surface area (Å²) in [5.74, 6) is -0.247. The average Bonchev–Trinajstić information content (AvgIpc) is 2.12. The highest BCUT2D eigenvalue weighted by molar-refractivity contribution is 9.10. The molecule has 0 aromatic heterocycles. The van der Waals surface area contributed by atoms with E-state index in [1.54, 1.807) is 6.07 Å². The van der Waals surface area contributed by atoms with Crippen LogP contribution in [-0.2, 0) is 11.2 Å². The quantitative estimate of drug-likeness (QED) is 0.588. The number of halogens is 2. The first-order valence-electron chi connectivity index (χ1n) is 4.11. The van der Waals surface area contributed by atoms with Crippen molar-refractivity contribution in [3.63, 3.8) is 0 Å². The number of aryl methyl sites for hydroxylation is 1. The standard InChI is InChI=1S/C10H10BrFO/c11-9-5-4-8(7-10(9)12)3-1-2-6-13/h4-7H,1-3H2. The molecule has 0 aliphatic carbocycles. The summed E-state index contributed by atoms with van der Waals surface area (Å²) in [5, 5.41) is 0. The first kappa shape index (κ1) is 10.4. The SMILES string of the molecule is O=CCCCc1ccc(Br)c(F)c1. The van der Waals surface area contributed by atoms with Crippen LogP contribution in [0.25, 0.3) is 0 Å². The van der Waals surface area contributed by atoms with Gasteiger partial charge in [0.05, 0.1) is 4.47 Å². The highest BCUT2D eigenvalue weighted by Gasteiger charge is 1.99. The largest absolute Gasteiger partial charge is 0.303 e. The van der Waals surface area contributed by atoms with E-state index in [2.05, 4.69) is 15.9 Å². The Labute approximate surface area is 85.1 Å². The van der Waals surface area contributed by atoms with Crippen molar-refractivity contribution in [2.75, 3.05) is 0 Å². The molecule has 0 heterocycles. The maximum absolute atomic E-state index is 13.0. The molecule has 1 nitrogen and oxygen atoms in total. The van der Waals surface area contributed by atoms with E-state index in [-0.39, 0.29) is 5.82 Å². The van der Waals surface area contributed by atoms with Gasteiger partial charge in [-0.05, 0) is 46.5 Å². The van der Waals surface area contributed by atoms with Crippen molar-refractivity contribution < 1.29 is 9.18 Å². The molecule has 3 heteroatoms. The lowest BCUT2D eigenvalue weighted by Crippen LogP contribution is -1.88. The van der Waals surface area contributed by atoms with Gasteiger partial charge < -0.3 is 4.79 Å². The number of unbranched alkanes of at least 4 members (excludes halogenated alkanes) is 1. The van der Waals surface area contributed by atoms with Crippen molar-refractivity contribution in [1.29, 1.82) is 0 Å². The molecule has 1 aromatic carbocycles. The van der Waals surface area contributed by atoms with Gasteiger partial charge in [0.1, 0.15) is 12.1 Å². The number of rotatable bonds is 4. The van der Waals surface area contributed by atoms with Gasteiger partial charge in [-0.3, -0.25) is 0 Å². The molecule has 1 rings (SSSR count). The minimum atomic E-state index is -0.247. The highest BCUT2D eigenvalue weighted by atomic mass is 79.9. The van der Waals surface area contributed by atoms with Crippen LogP contribution in [0.5, 0.6) is 0 Å². The van der Waals surface area contributed by atoms with Gasteiger partial charge in [0.15, 0.2) is 0 Å². The fourth-order valence-electron chi connectivity index (χ4n) is 1.08. The average molecular weight is 245 g/mol. The highest BCUT2D eigenvalue weighted by Crippen LogP contribution is 2.17. The van der Waals surface area contributed by atoms with E-state index in [1.807, 2.05) is 6.07 Å². The Balaban J connectivity index is 2.57. The topological polar surface area (TPSA) is 17.1 Å². The van der Waals surface area contributed by atoms with Crippen LogP contribution >= 0.6 is 15.9 Å². The molecular formula is C10H10BrFO. The molecule has 0 saturated heterocycles. The number of carbonyl (C=O) groups excluding carboxylic acids is 1. The predicted octanol–water partition coefficient (Wildman–Crippen LogP) is 3.11. The summed E-state index contributed by atoms with van der Waals surface area (Å²) in [6.07, 6.45) is 2.96. The van der Waals surface area contributed by atoms with Crippen LogP contribution in [0.2, 0.25) is 0 Å². The van der Waals surface area contributed by atoms with E-state index < -0.39 is 0 Å². The van der Waals surface area contributed by atoms with Crippen LogP contribution in [-0.4, -0.2) is 6.29 Å². The van der Waals surface area contributed by atoms with Crippen LogP contribution in [0.15, 0.2) is 22.7 Å². The fraction of sp³-hybridized carbons (Fsp3) is 0.300. The summed E-state index contributed by atoms with van der Waals surface area (Å²) in [6, 6.07) is 5.04. The van der Waals surface area contributed by atoms with E-state index in [0.29, 0.717) is 10.9 Å². The normalized spacial score (nSPS) is 10.0. The lowest BCUT2D eigenvalue weighted by atomic mass is 10.1. The second-order valence-corrected chi connectivity index (χ2v) is 3.66. The molecule has 0 unspecified atom stereocenters. The Morgan fingerprint density at radius 3 is 2.85 bits per heavy atom. The van der Waals surface area contributed by atoms with Crippen molar-refractivity contribution in [3.8, 4) is 0 Å². The summed E-state index contributed by atoms with van der Waals surface area (Å²) in [7, 11) is 0. The molecule has 70 valence electrons. The van der Waals surface area contributed by atoms with Crippen molar-refractivity contribution in [2.45, 2.75) is 19.3 Å². The van der Waals surface area contributed by atoms with Crippen LogP contribution in [0, 0.1) is 5.82 Å². The van der Waals surface area contributed by atoms with Gasteiger partial charge in [0, 0.05) is 6.42 Å². The van der Waals surface area contributed by atoms with E-state index >= 15 is 0 Å². The lowest BCUT2D eigenvalue weighted by Gasteiger charge is -2.00. The third-order valence-corrected chi connectivity index (χ3v) is 2.41. The number of benzene rings is 1. The Bertz CT molecular complexity index is 299. The molecule has 0 saturated carbocycles. The van der Waals surface area contributed by atoms with Crippen LogP contribution in [0.1, 0.15) is 18.4 Å². The summed E-state index contributed by atoms with van der Waals surface area (Å²) < 4.78 is 13.5. The lowest BCUT2D eigenvalue weighted by molar-refractivity contribution is -0.107. The predicted molar refractivity (Wildman–Crippen MR) is 53.1 cm³/mol. The Morgan fingerprint density at radius 2 is 2.23 bits per heavy atom. The smallest absolute Gasteiger partial charge is 0.137 e. The number of hydrogen-bond donors (Lipinski definition) is 0. The summed E-state index contributed by atoms with van der Waals surface area (Å²) >= 11 is 3.08. The molecule has 0 aliphatic rings. The van der Waals surface area contributed by atoms with Gasteiger partial charge in [-0.2, -0.15) is 0 Å². The number of hydrogen-bond acceptors (Lipinski definition) is 1. The van der Waals surface area contributed by atoms with Crippen molar-refractivity contribution in [1.82, 2.24) is 0 Å². The fourth-order valence-corrected chi connectivity index (χ4v) is 1.33. The zero-order valence-electron chi connectivity index (χ0n) is 7.09. The number of carbonyl (C=O) groups is 1. The zero-order chi connectivity index (χ0) is 9.68. The Kier molecular flexibility index (Phi) is 4.09. The summed E-state index contributed by atoms with van der Waals surface area (Å²) in [5.41, 5.74) is 0.933. The molecule has 13 heavy (non-hydrogen) atoms. The minimum absolute atomic E-state index is 0.247. The molecule has 0 bridgehead atoms. The van der Waals surface area contributed by atoms with Gasteiger partial charge in [-0.25, -0.2) is 4.39 Å². The Hall–Kier alpha value is -0.700. The monoisotopic (exact) mass is 244 g/mol. The molecule has 0 N–H and O–H groups in total. The second kappa shape index (κ2) is 5.12. The van der Waals surface area contributed by atoms with Crippen molar-refractivity contribution in [2.24, 2.45) is 0 Å². The van der Waals surface area contributed by atoms with E-state index in [9.17, 15) is 9.18 Å². The molecule has 0 spiro atoms. The van der Waals surface area contributed by atoms with Crippen LogP contribution in [0.3, 0.4) is 0 Å². The molecule has 0 atom stereocenters. The maximum Gasteiger partial charge on any atom is 0.137 e. The van der Waals surface area contributed by atoms with Gasteiger partial charge in [0.2, 0.25) is 0 Å². The summed E-state index contributed by atoms with van der Waals surface area (Å²) in [6.45, 7) is 0. The molecule has 0 aliphatic heterocycles. The molecule has 0 amide bonds. The molecular weight excluding hydrogens is 235 g/mol. The summed E-state index contributed by atoms with van der Waals surface area (Å²) in [4.78, 5) is 10.0. The van der Waals surface area contributed by atoms with Gasteiger partial charge in [-0.1, -0.05) is 6.07 Å². The number of aldehydes is 1. The van der Waals surface area contributed by atoms with Crippen LogP contribution in [0.4, 0.5) is 4.39 Å².